The van der Waals surface area contributed by atoms with Crippen LogP contribution >= 0.6 is 0 Å². The number of rotatable bonds is 13. The van der Waals surface area contributed by atoms with Crippen LogP contribution in [0.2, 0.25) is 0 Å². The molecule has 0 aliphatic carbocycles. The molecule has 0 spiro atoms. The molecule has 37 heavy (non-hydrogen) atoms. The van der Waals surface area contributed by atoms with E-state index in [4.69, 9.17) is 23.7 Å². The molecule has 5 nitrogen and oxygen atoms in total. The van der Waals surface area contributed by atoms with Gasteiger partial charge < -0.3 is 23.7 Å². The minimum Gasteiger partial charge on any atom is -0.379 e. The third kappa shape index (κ3) is 72.2. The summed E-state index contributed by atoms with van der Waals surface area (Å²) in [6.07, 6.45) is 8.26. The van der Waals surface area contributed by atoms with Gasteiger partial charge in [0.15, 0.2) is 0 Å². The Kier molecular flexibility index (Phi) is 42.6. The lowest BCUT2D eigenvalue weighted by Crippen LogP contribution is -2.18. The molecule has 5 heteroatoms. The van der Waals surface area contributed by atoms with E-state index in [1.807, 2.05) is 27.7 Å². The maximum Gasteiger partial charge on any atom is 0.0598 e. The summed E-state index contributed by atoms with van der Waals surface area (Å²) < 4.78 is 26.1. The largest absolute Gasteiger partial charge is 0.379 e. The second-order valence-corrected chi connectivity index (χ2v) is 11.3. The van der Waals surface area contributed by atoms with Crippen LogP contribution in [0, 0.1) is 0 Å². The van der Waals surface area contributed by atoms with E-state index in [1.165, 1.54) is 12.8 Å². The van der Waals surface area contributed by atoms with Gasteiger partial charge in [0.1, 0.15) is 0 Å². The fraction of sp³-hybridized carbons (Fsp3) is 1.00. The van der Waals surface area contributed by atoms with Crippen LogP contribution in [0.15, 0.2) is 0 Å². The second-order valence-electron chi connectivity index (χ2n) is 11.3. The van der Waals surface area contributed by atoms with Crippen LogP contribution < -0.4 is 0 Å². The van der Waals surface area contributed by atoms with E-state index in [2.05, 4.69) is 83.1 Å². The van der Waals surface area contributed by atoms with Gasteiger partial charge in [0, 0.05) is 33.5 Å². The van der Waals surface area contributed by atoms with Gasteiger partial charge in [-0.3, -0.25) is 0 Å². The second kappa shape index (κ2) is 33.8. The van der Waals surface area contributed by atoms with Gasteiger partial charge in [-0.1, -0.05) is 41.0 Å². The summed E-state index contributed by atoms with van der Waals surface area (Å²) >= 11 is 0. The summed E-state index contributed by atoms with van der Waals surface area (Å²) in [4.78, 5) is 0. The molecule has 0 bridgehead atoms. The predicted octanol–water partition coefficient (Wildman–Crippen LogP) is 9.89. The van der Waals surface area contributed by atoms with Gasteiger partial charge in [-0.05, 0) is 108 Å². The monoisotopic (exact) mass is 539 g/mol. The maximum atomic E-state index is 5.43. The normalized spacial score (nSPS) is 12.5. The molecule has 0 saturated heterocycles. The number of hydrogen-bond donors (Lipinski definition) is 0. The Morgan fingerprint density at radius 1 is 0.541 bits per heavy atom. The Morgan fingerprint density at radius 3 is 1.11 bits per heavy atom. The first-order chi connectivity index (χ1) is 17.0. The molecule has 0 aromatic rings. The van der Waals surface area contributed by atoms with E-state index in [9.17, 15) is 0 Å². The molecule has 0 amide bonds. The molecule has 0 aliphatic rings. The zero-order chi connectivity index (χ0) is 30.3. The van der Waals surface area contributed by atoms with E-state index in [-0.39, 0.29) is 11.2 Å². The Labute approximate surface area is 236 Å². The summed E-state index contributed by atoms with van der Waals surface area (Å²) in [6.45, 7) is 36.8. The molecule has 0 radical (unpaired) electrons. The lowest BCUT2D eigenvalue weighted by Gasteiger charge is -2.17. The molecule has 2 unspecified atom stereocenters. The number of hydrogen-bond acceptors (Lipinski definition) is 5. The van der Waals surface area contributed by atoms with Gasteiger partial charge in [0.25, 0.3) is 0 Å². The molecule has 0 aromatic carbocycles. The van der Waals surface area contributed by atoms with E-state index in [0.717, 1.165) is 52.1 Å². The van der Waals surface area contributed by atoms with Gasteiger partial charge in [-0.25, -0.2) is 0 Å². The van der Waals surface area contributed by atoms with Crippen molar-refractivity contribution in [2.75, 3.05) is 33.5 Å². The minimum absolute atomic E-state index is 0.0417. The van der Waals surface area contributed by atoms with Crippen molar-refractivity contribution in [3.8, 4) is 0 Å². The molecule has 2 atom stereocenters. The van der Waals surface area contributed by atoms with E-state index in [0.29, 0.717) is 18.3 Å². The first-order valence-electron chi connectivity index (χ1n) is 15.0. The molecule has 0 N–H and O–H groups in total. The summed E-state index contributed by atoms with van der Waals surface area (Å²) in [5, 5.41) is 0. The fourth-order valence-corrected chi connectivity index (χ4v) is 2.03. The molecular formula is C32H74O5. The molecule has 0 rings (SSSR count). The van der Waals surface area contributed by atoms with Crippen molar-refractivity contribution in [1.29, 1.82) is 0 Å². The van der Waals surface area contributed by atoms with Gasteiger partial charge in [-0.2, -0.15) is 0 Å². The van der Waals surface area contributed by atoms with E-state index in [1.54, 1.807) is 7.11 Å². The number of methoxy groups -OCH3 is 1. The lowest BCUT2D eigenvalue weighted by atomic mass is 10.2. The Balaban J connectivity index is -0.000000116. The van der Waals surface area contributed by atoms with E-state index < -0.39 is 0 Å². The van der Waals surface area contributed by atoms with Crippen molar-refractivity contribution >= 4 is 0 Å². The number of ether oxygens (including phenoxy) is 5. The first-order valence-corrected chi connectivity index (χ1v) is 15.0. The summed E-state index contributed by atoms with van der Waals surface area (Å²) in [7, 11) is 1.71. The highest BCUT2D eigenvalue weighted by Gasteiger charge is 2.06. The third-order valence-corrected chi connectivity index (χ3v) is 4.33. The molecule has 0 saturated carbocycles. The minimum atomic E-state index is 0.0417. The van der Waals surface area contributed by atoms with Crippen LogP contribution in [0.5, 0.6) is 0 Å². The zero-order valence-corrected chi connectivity index (χ0v) is 28.8. The van der Waals surface area contributed by atoms with Crippen LogP contribution in [-0.2, 0) is 23.7 Å². The van der Waals surface area contributed by atoms with Crippen LogP contribution in [0.4, 0.5) is 0 Å². The molecule has 232 valence electrons. The standard InChI is InChI=1S/C8H18O.C7H16O.2C6H14O.C5H12O/c1-4-6-8(3)9-7-5-2;1-4-6-8-7(3)5-2;1-5-7-6(2,3)4;1-4-5-7-6(2)3;1-5(2,3)6-4/h8H,4-7H2,1-3H3;7H,4-6H2,1-3H3;5H2,1-4H3;6H,4-5H2,1-3H3;1-4H3. The van der Waals surface area contributed by atoms with Crippen LogP contribution in [0.3, 0.4) is 0 Å². The highest BCUT2D eigenvalue weighted by molar-refractivity contribution is 4.56. The van der Waals surface area contributed by atoms with Gasteiger partial charge in [0.05, 0.1) is 29.5 Å². The SMILES string of the molecule is CCCOC(C)C.CCCOC(C)CC.CCCOC(C)CCC.CCOC(C)(C)C.COC(C)(C)C. The molecule has 0 aliphatic heterocycles. The highest BCUT2D eigenvalue weighted by Crippen LogP contribution is 2.04. The van der Waals surface area contributed by atoms with Crippen molar-refractivity contribution in [2.24, 2.45) is 0 Å². The topological polar surface area (TPSA) is 46.2 Å². The summed E-state index contributed by atoms with van der Waals surface area (Å²) in [5.74, 6) is 0. The predicted molar refractivity (Wildman–Crippen MR) is 166 cm³/mol. The first kappa shape index (κ1) is 46.6. The Hall–Kier alpha value is -0.200. The van der Waals surface area contributed by atoms with Gasteiger partial charge in [0.2, 0.25) is 0 Å². The van der Waals surface area contributed by atoms with Gasteiger partial charge in [-0.15, -0.1) is 0 Å². The van der Waals surface area contributed by atoms with Crippen molar-refractivity contribution in [2.45, 2.75) is 179 Å². The van der Waals surface area contributed by atoms with Crippen molar-refractivity contribution in [3.05, 3.63) is 0 Å². The average Bonchev–Trinajstić information content (AvgIpc) is 2.80. The zero-order valence-electron chi connectivity index (χ0n) is 28.8. The molecule has 0 fully saturated rings. The highest BCUT2D eigenvalue weighted by atomic mass is 16.5. The Bertz CT molecular complexity index is 372. The lowest BCUT2D eigenvalue weighted by molar-refractivity contribution is 0.00531. The van der Waals surface area contributed by atoms with Crippen LogP contribution in [0.1, 0.15) is 149 Å². The quantitative estimate of drug-likeness (QED) is 0.233. The average molecular weight is 539 g/mol. The summed E-state index contributed by atoms with van der Waals surface area (Å²) in [6, 6.07) is 0. The van der Waals surface area contributed by atoms with E-state index >= 15 is 0 Å². The van der Waals surface area contributed by atoms with Crippen LogP contribution in [-0.4, -0.2) is 63.1 Å². The van der Waals surface area contributed by atoms with Crippen molar-refractivity contribution < 1.29 is 23.7 Å². The molecule has 0 heterocycles. The van der Waals surface area contributed by atoms with Gasteiger partial charge >= 0.3 is 0 Å². The van der Waals surface area contributed by atoms with Crippen LogP contribution in [0.25, 0.3) is 0 Å². The smallest absolute Gasteiger partial charge is 0.0598 e. The fourth-order valence-electron chi connectivity index (χ4n) is 2.03. The molecular weight excluding hydrogens is 464 g/mol. The summed E-state index contributed by atoms with van der Waals surface area (Å²) in [5.41, 5.74) is 0.0920. The van der Waals surface area contributed by atoms with Crippen molar-refractivity contribution in [3.63, 3.8) is 0 Å². The maximum absolute atomic E-state index is 5.43. The Morgan fingerprint density at radius 2 is 0.919 bits per heavy atom. The third-order valence-electron chi connectivity index (χ3n) is 4.33. The van der Waals surface area contributed by atoms with Crippen molar-refractivity contribution in [1.82, 2.24) is 0 Å². The molecule has 0 aromatic heterocycles.